The summed E-state index contributed by atoms with van der Waals surface area (Å²) < 4.78 is 18.1. The van der Waals surface area contributed by atoms with E-state index in [1.165, 1.54) is 13.8 Å². The number of likely N-dealkylation sites (tertiary alicyclic amines) is 1. The van der Waals surface area contributed by atoms with Crippen LogP contribution in [0.4, 0.5) is 0 Å². The molecule has 3 spiro atoms. The number of esters is 2. The van der Waals surface area contributed by atoms with Gasteiger partial charge in [-0.1, -0.05) is 6.92 Å². The van der Waals surface area contributed by atoms with Crippen molar-refractivity contribution in [3.8, 4) is 0 Å². The maximum atomic E-state index is 12.2. The van der Waals surface area contributed by atoms with Crippen molar-refractivity contribution in [1.82, 2.24) is 4.90 Å². The van der Waals surface area contributed by atoms with Gasteiger partial charge in [0, 0.05) is 43.2 Å². The van der Waals surface area contributed by atoms with E-state index in [0.29, 0.717) is 24.9 Å². The molecule has 8 aliphatic rings. The third-order valence-electron chi connectivity index (χ3n) is 11.6. The van der Waals surface area contributed by atoms with Gasteiger partial charge in [0.2, 0.25) is 0 Å². The zero-order valence-corrected chi connectivity index (χ0v) is 19.5. The lowest BCUT2D eigenvalue weighted by Gasteiger charge is -2.69. The topological polar surface area (TPSA) is 88.6 Å². The highest BCUT2D eigenvalue weighted by Gasteiger charge is 2.89. The van der Waals surface area contributed by atoms with Crippen molar-refractivity contribution in [2.75, 3.05) is 20.2 Å². The Hall–Kier alpha value is -1.18. The van der Waals surface area contributed by atoms with Crippen LogP contribution in [0.15, 0.2) is 0 Å². The highest BCUT2D eigenvalue weighted by molar-refractivity contribution is 5.67. The molecule has 32 heavy (non-hydrogen) atoms. The number of rotatable bonds is 2. The summed E-state index contributed by atoms with van der Waals surface area (Å²) in [6.07, 6.45) is 3.80. The van der Waals surface area contributed by atoms with Crippen molar-refractivity contribution >= 4 is 11.9 Å². The number of piperidine rings is 1. The van der Waals surface area contributed by atoms with E-state index >= 15 is 0 Å². The van der Waals surface area contributed by atoms with Gasteiger partial charge in [-0.15, -0.1) is 0 Å². The van der Waals surface area contributed by atoms with Crippen LogP contribution in [0.3, 0.4) is 0 Å². The second kappa shape index (κ2) is 5.72. The average Bonchev–Trinajstić information content (AvgIpc) is 3.36. The van der Waals surface area contributed by atoms with Crippen LogP contribution in [0.5, 0.6) is 0 Å². The van der Waals surface area contributed by atoms with E-state index in [9.17, 15) is 14.7 Å². The highest BCUT2D eigenvalue weighted by Crippen LogP contribution is 2.85. The SMILES string of the molecule is CC(=O)O[C@H]1C[C@@]23[C@@H]4C[C@@H]5[C@]6(C)CC[C@H](OC(C)=O)[C@]5([C@H]4N(C)C6)[C@@H]2C[C@H]1[C@@]1(CO1)[C@H]3O. The van der Waals surface area contributed by atoms with E-state index < -0.39 is 11.7 Å². The van der Waals surface area contributed by atoms with Gasteiger partial charge >= 0.3 is 11.9 Å². The minimum absolute atomic E-state index is 0.0131. The molecule has 7 nitrogen and oxygen atoms in total. The number of carbonyl (C=O) groups excluding carboxylic acids is 2. The molecule has 12 atom stereocenters. The first-order valence-corrected chi connectivity index (χ1v) is 12.5. The molecule has 2 aliphatic heterocycles. The van der Waals surface area contributed by atoms with Gasteiger partial charge in [0.15, 0.2) is 0 Å². The predicted octanol–water partition coefficient (Wildman–Crippen LogP) is 1.76. The summed E-state index contributed by atoms with van der Waals surface area (Å²) in [4.78, 5) is 26.8. The summed E-state index contributed by atoms with van der Waals surface area (Å²) in [6, 6.07) is 0.288. The number of hydrogen-bond acceptors (Lipinski definition) is 7. The van der Waals surface area contributed by atoms with Crippen LogP contribution >= 0.6 is 0 Å². The Morgan fingerprint density at radius 3 is 2.44 bits per heavy atom. The first-order valence-electron chi connectivity index (χ1n) is 12.5. The molecule has 0 amide bonds. The molecule has 6 aliphatic carbocycles. The number of aliphatic hydroxyl groups is 1. The Balaban J connectivity index is 1.42. The monoisotopic (exact) mass is 445 g/mol. The first kappa shape index (κ1) is 20.2. The standard InChI is InChI=1S/C25H35NO6/c1-12(27)31-16-9-23-15-8-17-22(3)6-5-19(32-13(2)28)25(17,20(15)26(4)10-22)18(23)7-14(16)24(11-30-24)21(23)29/h14-21,29H,5-11H2,1-4H3/t14-,15-,16+,17-,18-,19+,20+,21+,22-,23-,24+,25-/m1/s1. The lowest BCUT2D eigenvalue weighted by Crippen LogP contribution is -2.73. The Bertz CT molecular complexity index is 918. The van der Waals surface area contributed by atoms with E-state index in [4.69, 9.17) is 14.2 Å². The molecule has 176 valence electrons. The average molecular weight is 446 g/mol. The second-order valence-electron chi connectivity index (χ2n) is 12.6. The van der Waals surface area contributed by atoms with Crippen molar-refractivity contribution in [1.29, 1.82) is 0 Å². The molecular weight excluding hydrogens is 410 g/mol. The van der Waals surface area contributed by atoms with Crippen LogP contribution in [0.2, 0.25) is 0 Å². The minimum atomic E-state index is -0.558. The Kier molecular flexibility index (Phi) is 3.61. The molecule has 8 rings (SSSR count). The van der Waals surface area contributed by atoms with Gasteiger partial charge in [0.1, 0.15) is 17.8 Å². The molecule has 0 radical (unpaired) electrons. The van der Waals surface area contributed by atoms with E-state index in [2.05, 4.69) is 18.9 Å². The molecular formula is C25H35NO6. The van der Waals surface area contributed by atoms with Gasteiger partial charge in [-0.25, -0.2) is 0 Å². The lowest BCUT2D eigenvalue weighted by atomic mass is 9.38. The molecule has 6 saturated carbocycles. The van der Waals surface area contributed by atoms with Crippen LogP contribution in [0.25, 0.3) is 0 Å². The maximum absolute atomic E-state index is 12.2. The molecule has 0 unspecified atom stereocenters. The molecule has 2 heterocycles. The minimum Gasteiger partial charge on any atom is -0.462 e. The summed E-state index contributed by atoms with van der Waals surface area (Å²) in [5.74, 6) is 0.636. The smallest absolute Gasteiger partial charge is 0.302 e. The van der Waals surface area contributed by atoms with E-state index in [1.807, 2.05) is 0 Å². The first-order chi connectivity index (χ1) is 15.1. The fourth-order valence-electron chi connectivity index (χ4n) is 11.2. The third kappa shape index (κ3) is 1.92. The second-order valence-corrected chi connectivity index (χ2v) is 12.6. The zero-order chi connectivity index (χ0) is 22.4. The third-order valence-corrected chi connectivity index (χ3v) is 11.6. The van der Waals surface area contributed by atoms with Gasteiger partial charge in [0.05, 0.1) is 12.7 Å². The summed E-state index contributed by atoms with van der Waals surface area (Å²) in [5, 5.41) is 12.0. The quantitative estimate of drug-likeness (QED) is 0.512. The molecule has 8 fully saturated rings. The van der Waals surface area contributed by atoms with Crippen molar-refractivity contribution < 1.29 is 28.9 Å². The summed E-state index contributed by atoms with van der Waals surface area (Å²) in [7, 11) is 2.24. The molecule has 0 aromatic carbocycles. The Morgan fingerprint density at radius 2 is 1.78 bits per heavy atom. The van der Waals surface area contributed by atoms with Crippen LogP contribution in [0, 0.1) is 39.9 Å². The fourth-order valence-corrected chi connectivity index (χ4v) is 11.2. The summed E-state index contributed by atoms with van der Waals surface area (Å²) >= 11 is 0. The number of nitrogens with zero attached hydrogens (tertiary/aromatic N) is 1. The number of fused-ring (bicyclic) bond motifs is 1. The van der Waals surface area contributed by atoms with Crippen molar-refractivity contribution in [2.45, 2.75) is 82.8 Å². The number of epoxide rings is 1. The molecule has 7 bridgehead atoms. The van der Waals surface area contributed by atoms with Gasteiger partial charge in [0.25, 0.3) is 0 Å². The molecule has 1 N–H and O–H groups in total. The predicted molar refractivity (Wildman–Crippen MR) is 112 cm³/mol. The van der Waals surface area contributed by atoms with Gasteiger partial charge in [-0.3, -0.25) is 9.59 Å². The summed E-state index contributed by atoms with van der Waals surface area (Å²) in [5.41, 5.74) is -0.824. The number of carbonyl (C=O) groups is 2. The van der Waals surface area contributed by atoms with Crippen LogP contribution in [-0.4, -0.2) is 72.1 Å². The molecule has 2 saturated heterocycles. The van der Waals surface area contributed by atoms with E-state index in [-0.39, 0.29) is 58.3 Å². The zero-order valence-electron chi connectivity index (χ0n) is 19.5. The van der Waals surface area contributed by atoms with Crippen LogP contribution < -0.4 is 0 Å². The van der Waals surface area contributed by atoms with Crippen molar-refractivity contribution in [2.24, 2.45) is 39.9 Å². The number of aliphatic hydroxyl groups excluding tert-OH is 1. The van der Waals surface area contributed by atoms with Crippen LogP contribution in [0.1, 0.15) is 52.9 Å². The van der Waals surface area contributed by atoms with Gasteiger partial charge in [-0.2, -0.15) is 0 Å². The summed E-state index contributed by atoms with van der Waals surface area (Å²) in [6.45, 7) is 7.07. The molecule has 0 aromatic rings. The molecule has 7 heteroatoms. The Labute approximate surface area is 189 Å². The largest absolute Gasteiger partial charge is 0.462 e. The van der Waals surface area contributed by atoms with Crippen molar-refractivity contribution in [3.63, 3.8) is 0 Å². The van der Waals surface area contributed by atoms with Gasteiger partial charge in [-0.05, 0) is 62.3 Å². The molecule has 0 aromatic heterocycles. The lowest BCUT2D eigenvalue weighted by molar-refractivity contribution is -0.275. The number of hydrogen-bond donors (Lipinski definition) is 1. The fraction of sp³-hybridized carbons (Fsp3) is 0.920. The maximum Gasteiger partial charge on any atom is 0.302 e. The van der Waals surface area contributed by atoms with Crippen molar-refractivity contribution in [3.05, 3.63) is 0 Å². The van der Waals surface area contributed by atoms with E-state index in [0.717, 1.165) is 32.2 Å². The van der Waals surface area contributed by atoms with Crippen LogP contribution in [-0.2, 0) is 23.8 Å². The normalized spacial score (nSPS) is 60.9. The van der Waals surface area contributed by atoms with Gasteiger partial charge < -0.3 is 24.2 Å². The van der Waals surface area contributed by atoms with E-state index in [1.54, 1.807) is 0 Å². The highest BCUT2D eigenvalue weighted by atomic mass is 16.6. The number of ether oxygens (including phenoxy) is 3. The Morgan fingerprint density at radius 1 is 1.09 bits per heavy atom.